The summed E-state index contributed by atoms with van der Waals surface area (Å²) in [6.07, 6.45) is 6.48. The third-order valence-electron chi connectivity index (χ3n) is 4.21. The van der Waals surface area contributed by atoms with E-state index in [1.807, 2.05) is 24.7 Å². The molecule has 0 bridgehead atoms. The zero-order valence-electron chi connectivity index (χ0n) is 15.2. The van der Waals surface area contributed by atoms with Crippen molar-refractivity contribution in [1.29, 1.82) is 0 Å². The minimum atomic E-state index is -0.945. The molecule has 142 valence electrons. The van der Waals surface area contributed by atoms with E-state index in [9.17, 15) is 9.59 Å². The molecule has 0 aromatic carbocycles. The molecule has 0 aliphatic rings. The van der Waals surface area contributed by atoms with Gasteiger partial charge >= 0.3 is 5.97 Å². The summed E-state index contributed by atoms with van der Waals surface area (Å²) >= 11 is 0. The molecule has 10 nitrogen and oxygen atoms in total. The number of rotatable bonds is 8. The average Bonchev–Trinajstić information content (AvgIpc) is 3.35. The lowest BCUT2D eigenvalue weighted by molar-refractivity contribution is -0.137. The highest BCUT2D eigenvalue weighted by Crippen LogP contribution is 2.13. The molecule has 0 saturated heterocycles. The molecule has 0 aliphatic heterocycles. The fourth-order valence-electron chi connectivity index (χ4n) is 2.75. The van der Waals surface area contributed by atoms with Gasteiger partial charge in [-0.15, -0.1) is 0 Å². The summed E-state index contributed by atoms with van der Waals surface area (Å²) in [6.45, 7) is 5.54. The number of anilines is 1. The number of nitrogens with one attached hydrogen (secondary N) is 1. The van der Waals surface area contributed by atoms with Gasteiger partial charge in [-0.3, -0.25) is 23.6 Å². The van der Waals surface area contributed by atoms with Crippen LogP contribution in [0, 0.1) is 6.92 Å². The van der Waals surface area contributed by atoms with Gasteiger partial charge in [-0.25, -0.2) is 0 Å². The second-order valence-electron chi connectivity index (χ2n) is 6.04. The van der Waals surface area contributed by atoms with Gasteiger partial charge in [0.2, 0.25) is 0 Å². The zero-order valence-corrected chi connectivity index (χ0v) is 15.2. The molecule has 0 saturated carbocycles. The van der Waals surface area contributed by atoms with Gasteiger partial charge in [0.1, 0.15) is 5.69 Å². The number of carboxylic acids is 1. The molecule has 3 aromatic heterocycles. The Bertz CT molecular complexity index is 954. The van der Waals surface area contributed by atoms with Crippen LogP contribution in [0.4, 0.5) is 5.69 Å². The van der Waals surface area contributed by atoms with Crippen LogP contribution >= 0.6 is 0 Å². The molecule has 0 spiro atoms. The predicted octanol–water partition coefficient (Wildman–Crippen LogP) is 1.38. The number of carbonyl (C=O) groups is 2. The van der Waals surface area contributed by atoms with Crippen LogP contribution in [0.5, 0.6) is 0 Å². The van der Waals surface area contributed by atoms with E-state index in [1.54, 1.807) is 23.1 Å². The Morgan fingerprint density at radius 1 is 1.19 bits per heavy atom. The summed E-state index contributed by atoms with van der Waals surface area (Å²) in [5.74, 6) is -1.31. The van der Waals surface area contributed by atoms with Crippen LogP contribution in [-0.2, 0) is 24.4 Å². The average molecular weight is 371 g/mol. The van der Waals surface area contributed by atoms with Crippen LogP contribution in [0.1, 0.15) is 35.1 Å². The van der Waals surface area contributed by atoms with Gasteiger partial charge in [-0.2, -0.15) is 15.3 Å². The third-order valence-corrected chi connectivity index (χ3v) is 4.21. The summed E-state index contributed by atoms with van der Waals surface area (Å²) in [5, 5.41) is 24.1. The fourth-order valence-corrected chi connectivity index (χ4v) is 2.75. The first-order valence-corrected chi connectivity index (χ1v) is 8.56. The molecule has 3 rings (SSSR count). The number of amides is 1. The smallest absolute Gasteiger partial charge is 0.305 e. The number of hydrogen-bond acceptors (Lipinski definition) is 5. The Labute approximate surface area is 155 Å². The van der Waals surface area contributed by atoms with E-state index in [1.165, 1.54) is 10.9 Å². The minimum Gasteiger partial charge on any atom is -0.481 e. The first-order valence-electron chi connectivity index (χ1n) is 8.56. The van der Waals surface area contributed by atoms with E-state index in [0.717, 1.165) is 17.8 Å². The second-order valence-corrected chi connectivity index (χ2v) is 6.04. The van der Waals surface area contributed by atoms with Crippen molar-refractivity contribution < 1.29 is 14.7 Å². The van der Waals surface area contributed by atoms with Crippen molar-refractivity contribution >= 4 is 17.6 Å². The highest BCUT2D eigenvalue weighted by molar-refractivity contribution is 6.02. The van der Waals surface area contributed by atoms with Crippen molar-refractivity contribution in [2.75, 3.05) is 5.32 Å². The monoisotopic (exact) mass is 371 g/mol. The predicted molar refractivity (Wildman–Crippen MR) is 96.4 cm³/mol. The van der Waals surface area contributed by atoms with Crippen molar-refractivity contribution in [1.82, 2.24) is 29.3 Å². The van der Waals surface area contributed by atoms with E-state index < -0.39 is 5.97 Å². The van der Waals surface area contributed by atoms with Gasteiger partial charge in [0, 0.05) is 30.2 Å². The van der Waals surface area contributed by atoms with Crippen molar-refractivity contribution in [2.45, 2.75) is 39.9 Å². The van der Waals surface area contributed by atoms with Crippen molar-refractivity contribution in [3.63, 3.8) is 0 Å². The summed E-state index contributed by atoms with van der Waals surface area (Å²) in [6, 6.07) is 1.55. The van der Waals surface area contributed by atoms with Gasteiger partial charge in [0.15, 0.2) is 0 Å². The van der Waals surface area contributed by atoms with Gasteiger partial charge in [-0.1, -0.05) is 0 Å². The lowest BCUT2D eigenvalue weighted by atomic mass is 10.2. The summed E-state index contributed by atoms with van der Waals surface area (Å²) in [4.78, 5) is 23.1. The van der Waals surface area contributed by atoms with Crippen LogP contribution in [0.25, 0.3) is 0 Å². The molecule has 0 aliphatic carbocycles. The topological polar surface area (TPSA) is 120 Å². The molecule has 0 fully saturated rings. The normalized spacial score (nSPS) is 10.9. The van der Waals surface area contributed by atoms with Gasteiger partial charge in [0.05, 0.1) is 37.6 Å². The minimum absolute atomic E-state index is 0.106. The lowest BCUT2D eigenvalue weighted by Crippen LogP contribution is -2.18. The Morgan fingerprint density at radius 3 is 2.70 bits per heavy atom. The standard InChI is InChI=1S/C17H21N7O3/c1-3-23-12(2)13(8-20-23)10-22-11-14(9-19-22)21-17(27)15-4-6-18-24(15)7-5-16(25)26/h4,6,8-9,11H,3,5,7,10H2,1-2H3,(H,21,27)(H,25,26). The highest BCUT2D eigenvalue weighted by Gasteiger charge is 2.14. The van der Waals surface area contributed by atoms with Gasteiger partial charge < -0.3 is 10.4 Å². The number of nitrogens with zero attached hydrogens (tertiary/aromatic N) is 6. The van der Waals surface area contributed by atoms with Crippen LogP contribution in [0.3, 0.4) is 0 Å². The largest absolute Gasteiger partial charge is 0.481 e. The Morgan fingerprint density at radius 2 is 2.00 bits per heavy atom. The second kappa shape index (κ2) is 7.85. The Balaban J connectivity index is 1.65. The first kappa shape index (κ1) is 18.4. The van der Waals surface area contributed by atoms with Crippen molar-refractivity contribution in [3.8, 4) is 0 Å². The summed E-state index contributed by atoms with van der Waals surface area (Å²) in [5.41, 5.74) is 2.99. The molecule has 10 heteroatoms. The summed E-state index contributed by atoms with van der Waals surface area (Å²) < 4.78 is 5.01. The fraction of sp³-hybridized carbons (Fsp3) is 0.353. The Kier molecular flexibility index (Phi) is 5.34. The maximum atomic E-state index is 12.4. The van der Waals surface area contributed by atoms with E-state index in [0.29, 0.717) is 17.9 Å². The molecule has 3 heterocycles. The molecule has 0 radical (unpaired) electrons. The first-order chi connectivity index (χ1) is 13.0. The maximum Gasteiger partial charge on any atom is 0.305 e. The molecule has 1 amide bonds. The maximum absolute atomic E-state index is 12.4. The van der Waals surface area contributed by atoms with Gasteiger partial charge in [-0.05, 0) is 19.9 Å². The van der Waals surface area contributed by atoms with E-state index in [4.69, 9.17) is 5.11 Å². The molecule has 2 N–H and O–H groups in total. The van der Waals surface area contributed by atoms with E-state index in [2.05, 4.69) is 20.6 Å². The van der Waals surface area contributed by atoms with E-state index >= 15 is 0 Å². The molecule has 0 atom stereocenters. The SMILES string of the molecule is CCn1ncc(Cn2cc(NC(=O)c3ccnn3CCC(=O)O)cn2)c1C. The van der Waals surface area contributed by atoms with Crippen LogP contribution in [0.15, 0.2) is 30.9 Å². The number of aromatic nitrogens is 6. The van der Waals surface area contributed by atoms with Gasteiger partial charge in [0.25, 0.3) is 5.91 Å². The van der Waals surface area contributed by atoms with Crippen LogP contribution < -0.4 is 5.32 Å². The lowest BCUT2D eigenvalue weighted by Gasteiger charge is -2.06. The summed E-state index contributed by atoms with van der Waals surface area (Å²) in [7, 11) is 0. The van der Waals surface area contributed by atoms with Crippen LogP contribution in [0.2, 0.25) is 0 Å². The Hall–Kier alpha value is -3.43. The number of aryl methyl sites for hydroxylation is 2. The molecule has 3 aromatic rings. The quantitative estimate of drug-likeness (QED) is 0.617. The molecule has 27 heavy (non-hydrogen) atoms. The number of aliphatic carboxylic acids is 1. The van der Waals surface area contributed by atoms with Crippen molar-refractivity contribution in [2.24, 2.45) is 0 Å². The highest BCUT2D eigenvalue weighted by atomic mass is 16.4. The third kappa shape index (κ3) is 4.22. The zero-order chi connectivity index (χ0) is 19.4. The number of carbonyl (C=O) groups excluding carboxylic acids is 1. The number of carboxylic acid groups (broad SMARTS) is 1. The molecular formula is C17H21N7O3. The number of hydrogen-bond donors (Lipinski definition) is 2. The van der Waals surface area contributed by atoms with Crippen LogP contribution in [-0.4, -0.2) is 46.3 Å². The van der Waals surface area contributed by atoms with E-state index in [-0.39, 0.29) is 18.9 Å². The molecular weight excluding hydrogens is 350 g/mol. The van der Waals surface area contributed by atoms with Crippen molar-refractivity contribution in [3.05, 3.63) is 47.8 Å². The molecule has 0 unspecified atom stereocenters.